The highest BCUT2D eigenvalue weighted by Gasteiger charge is 2.19. The molecule has 1 aromatic carbocycles. The van der Waals surface area contributed by atoms with Crippen LogP contribution in [0, 0.1) is 0 Å². The normalized spacial score (nSPS) is 15.5. The summed E-state index contributed by atoms with van der Waals surface area (Å²) in [5.41, 5.74) is 1.54. The summed E-state index contributed by atoms with van der Waals surface area (Å²) in [6, 6.07) is 9.61. The smallest absolute Gasteiger partial charge is 0.0345 e. The van der Waals surface area contributed by atoms with Gasteiger partial charge < -0.3 is 5.32 Å². The van der Waals surface area contributed by atoms with E-state index in [1.165, 1.54) is 54.3 Å². The molecule has 2 heteroatoms. The zero-order chi connectivity index (χ0) is 11.5. The summed E-state index contributed by atoms with van der Waals surface area (Å²) in [5.74, 6) is 0. The standard InChI is InChI=1S/C15H19NS/c1-2-7-15-14(6-1)12(11-17-15)5-3-4-10-16-13-8-9-13/h1-2,6-7,11,13,16H,3-5,8-10H2. The van der Waals surface area contributed by atoms with Crippen molar-refractivity contribution >= 4 is 21.4 Å². The zero-order valence-corrected chi connectivity index (χ0v) is 10.9. The van der Waals surface area contributed by atoms with Crippen molar-refractivity contribution in [2.24, 2.45) is 0 Å². The number of thiophene rings is 1. The van der Waals surface area contributed by atoms with E-state index in [1.54, 1.807) is 0 Å². The Morgan fingerprint density at radius 2 is 2.06 bits per heavy atom. The SMILES string of the molecule is c1ccc2c(CCCCNC3CC3)csc2c1. The number of unbranched alkanes of at least 4 members (excludes halogenated alkanes) is 1. The average Bonchev–Trinajstić information content (AvgIpc) is 3.09. The average molecular weight is 245 g/mol. The van der Waals surface area contributed by atoms with Crippen LogP contribution in [0.25, 0.3) is 10.1 Å². The lowest BCUT2D eigenvalue weighted by molar-refractivity contribution is 0.621. The van der Waals surface area contributed by atoms with Crippen LogP contribution in [-0.2, 0) is 6.42 Å². The van der Waals surface area contributed by atoms with Crippen LogP contribution in [0.3, 0.4) is 0 Å². The molecule has 17 heavy (non-hydrogen) atoms. The first-order valence-corrected chi connectivity index (χ1v) is 7.50. The first-order valence-electron chi connectivity index (χ1n) is 6.62. The highest BCUT2D eigenvalue weighted by atomic mass is 32.1. The Hall–Kier alpha value is -0.860. The van der Waals surface area contributed by atoms with Crippen molar-refractivity contribution in [2.45, 2.75) is 38.1 Å². The molecule has 0 radical (unpaired) electrons. The Balaban J connectivity index is 1.50. The second kappa shape index (κ2) is 5.19. The van der Waals surface area contributed by atoms with Gasteiger partial charge >= 0.3 is 0 Å². The third kappa shape index (κ3) is 2.88. The first kappa shape index (κ1) is 11.2. The summed E-state index contributed by atoms with van der Waals surface area (Å²) < 4.78 is 1.43. The summed E-state index contributed by atoms with van der Waals surface area (Å²) in [5, 5.41) is 7.37. The highest BCUT2D eigenvalue weighted by Crippen LogP contribution is 2.26. The fourth-order valence-electron chi connectivity index (χ4n) is 2.26. The van der Waals surface area contributed by atoms with E-state index in [0.29, 0.717) is 0 Å². The summed E-state index contributed by atoms with van der Waals surface area (Å²) in [4.78, 5) is 0. The molecule has 1 saturated carbocycles. The van der Waals surface area contributed by atoms with Gasteiger partial charge in [-0.25, -0.2) is 0 Å². The lowest BCUT2D eigenvalue weighted by atomic mass is 10.1. The third-order valence-corrected chi connectivity index (χ3v) is 4.46. The fourth-order valence-corrected chi connectivity index (χ4v) is 3.26. The van der Waals surface area contributed by atoms with E-state index in [9.17, 15) is 0 Å². The molecule has 1 aliphatic rings. The zero-order valence-electron chi connectivity index (χ0n) is 10.1. The Morgan fingerprint density at radius 3 is 2.94 bits per heavy atom. The molecule has 0 aliphatic heterocycles. The molecular formula is C15H19NS. The van der Waals surface area contributed by atoms with Gasteiger partial charge in [-0.2, -0.15) is 0 Å². The van der Waals surface area contributed by atoms with Crippen molar-refractivity contribution in [3.05, 3.63) is 35.2 Å². The topological polar surface area (TPSA) is 12.0 Å². The minimum absolute atomic E-state index is 0.858. The molecule has 0 atom stereocenters. The number of rotatable bonds is 6. The van der Waals surface area contributed by atoms with Crippen LogP contribution in [-0.4, -0.2) is 12.6 Å². The number of aryl methyl sites for hydroxylation is 1. The van der Waals surface area contributed by atoms with Gasteiger partial charge in [-0.05, 0) is 61.0 Å². The minimum Gasteiger partial charge on any atom is -0.314 e. The largest absolute Gasteiger partial charge is 0.314 e. The second-order valence-corrected chi connectivity index (χ2v) is 5.85. The van der Waals surface area contributed by atoms with Crippen LogP contribution in [0.4, 0.5) is 0 Å². The van der Waals surface area contributed by atoms with Gasteiger partial charge in [0.05, 0.1) is 0 Å². The molecular weight excluding hydrogens is 226 g/mol. The maximum Gasteiger partial charge on any atom is 0.0345 e. The van der Waals surface area contributed by atoms with Gasteiger partial charge in [0, 0.05) is 10.7 Å². The van der Waals surface area contributed by atoms with Crippen LogP contribution in [0.1, 0.15) is 31.2 Å². The van der Waals surface area contributed by atoms with Crippen LogP contribution in [0.2, 0.25) is 0 Å². The molecule has 90 valence electrons. The van der Waals surface area contributed by atoms with Gasteiger partial charge in [0.15, 0.2) is 0 Å². The lowest BCUT2D eigenvalue weighted by Gasteiger charge is -2.02. The molecule has 3 rings (SSSR count). The molecule has 0 spiro atoms. The minimum atomic E-state index is 0.858. The van der Waals surface area contributed by atoms with E-state index >= 15 is 0 Å². The van der Waals surface area contributed by atoms with E-state index in [2.05, 4.69) is 35.0 Å². The van der Waals surface area contributed by atoms with Gasteiger partial charge in [0.25, 0.3) is 0 Å². The Kier molecular flexibility index (Phi) is 3.44. The van der Waals surface area contributed by atoms with Gasteiger partial charge in [-0.3, -0.25) is 0 Å². The maximum absolute atomic E-state index is 3.58. The van der Waals surface area contributed by atoms with Crippen LogP contribution >= 0.6 is 11.3 Å². The van der Waals surface area contributed by atoms with Crippen molar-refractivity contribution in [3.63, 3.8) is 0 Å². The van der Waals surface area contributed by atoms with Crippen LogP contribution in [0.15, 0.2) is 29.6 Å². The lowest BCUT2D eigenvalue weighted by Crippen LogP contribution is -2.17. The Labute approximate surface area is 107 Å². The molecule has 1 N–H and O–H groups in total. The van der Waals surface area contributed by atoms with Gasteiger partial charge in [0.2, 0.25) is 0 Å². The van der Waals surface area contributed by atoms with Gasteiger partial charge in [-0.15, -0.1) is 11.3 Å². The van der Waals surface area contributed by atoms with Crippen molar-refractivity contribution < 1.29 is 0 Å². The van der Waals surface area contributed by atoms with E-state index in [4.69, 9.17) is 0 Å². The predicted molar refractivity (Wildman–Crippen MR) is 75.8 cm³/mol. The molecule has 1 aliphatic carbocycles. The molecule has 2 aromatic rings. The van der Waals surface area contributed by atoms with E-state index in [-0.39, 0.29) is 0 Å². The number of fused-ring (bicyclic) bond motifs is 1. The second-order valence-electron chi connectivity index (χ2n) is 4.94. The van der Waals surface area contributed by atoms with Crippen molar-refractivity contribution in [2.75, 3.05) is 6.54 Å². The Morgan fingerprint density at radius 1 is 1.18 bits per heavy atom. The van der Waals surface area contributed by atoms with E-state index in [0.717, 1.165) is 6.04 Å². The highest BCUT2D eigenvalue weighted by molar-refractivity contribution is 7.17. The van der Waals surface area contributed by atoms with Gasteiger partial charge in [-0.1, -0.05) is 18.2 Å². The van der Waals surface area contributed by atoms with Crippen molar-refractivity contribution in [1.29, 1.82) is 0 Å². The molecule has 1 aromatic heterocycles. The van der Waals surface area contributed by atoms with Crippen molar-refractivity contribution in [1.82, 2.24) is 5.32 Å². The molecule has 0 bridgehead atoms. The number of benzene rings is 1. The molecule has 0 unspecified atom stereocenters. The van der Waals surface area contributed by atoms with E-state index in [1.807, 2.05) is 11.3 Å². The monoisotopic (exact) mass is 245 g/mol. The predicted octanol–water partition coefficient (Wildman–Crippen LogP) is 3.98. The van der Waals surface area contributed by atoms with Crippen LogP contribution < -0.4 is 5.32 Å². The van der Waals surface area contributed by atoms with Gasteiger partial charge in [0.1, 0.15) is 0 Å². The maximum atomic E-state index is 3.58. The summed E-state index contributed by atoms with van der Waals surface area (Å²) in [7, 11) is 0. The Bertz CT molecular complexity index is 484. The number of hydrogen-bond donors (Lipinski definition) is 1. The fraction of sp³-hybridized carbons (Fsp3) is 0.467. The molecule has 0 amide bonds. The number of nitrogens with one attached hydrogen (secondary N) is 1. The summed E-state index contributed by atoms with van der Waals surface area (Å²) in [6.07, 6.45) is 6.64. The number of hydrogen-bond acceptors (Lipinski definition) is 2. The van der Waals surface area contributed by atoms with E-state index < -0.39 is 0 Å². The molecule has 1 heterocycles. The summed E-state index contributed by atoms with van der Waals surface area (Å²) in [6.45, 7) is 1.20. The summed E-state index contributed by atoms with van der Waals surface area (Å²) >= 11 is 1.88. The quantitative estimate of drug-likeness (QED) is 0.759. The van der Waals surface area contributed by atoms with Crippen LogP contribution in [0.5, 0.6) is 0 Å². The molecule has 0 saturated heterocycles. The molecule has 1 nitrogen and oxygen atoms in total. The van der Waals surface area contributed by atoms with Crippen molar-refractivity contribution in [3.8, 4) is 0 Å². The third-order valence-electron chi connectivity index (χ3n) is 3.44. The molecule has 1 fully saturated rings. The first-order chi connectivity index (χ1) is 8.43.